The van der Waals surface area contributed by atoms with Crippen LogP contribution in [0.25, 0.3) is 0 Å². The van der Waals surface area contributed by atoms with Gasteiger partial charge in [-0.25, -0.2) is 4.79 Å². The number of carbonyl (C=O) groups is 3. The van der Waals surface area contributed by atoms with E-state index in [2.05, 4.69) is 10.6 Å². The summed E-state index contributed by atoms with van der Waals surface area (Å²) in [5.41, 5.74) is 4.57. The van der Waals surface area contributed by atoms with E-state index in [-0.39, 0.29) is 18.2 Å². The summed E-state index contributed by atoms with van der Waals surface area (Å²) in [7, 11) is 0. The number of nitrogens with one attached hydrogen (secondary N) is 2. The maximum atomic E-state index is 12.7. The highest BCUT2D eigenvalue weighted by molar-refractivity contribution is 5.97. The number of benzene rings is 2. The topological polar surface area (TPSA) is 84.5 Å². The predicted octanol–water partition coefficient (Wildman–Crippen LogP) is 3.87. The summed E-state index contributed by atoms with van der Waals surface area (Å²) in [6.07, 6.45) is -0.834. The van der Waals surface area contributed by atoms with Gasteiger partial charge in [-0.15, -0.1) is 0 Å². The van der Waals surface area contributed by atoms with Gasteiger partial charge < -0.3 is 15.4 Å². The number of hydrogen-bond donors (Lipinski definition) is 2. The molecule has 6 heteroatoms. The molecule has 2 amide bonds. The fourth-order valence-electron chi connectivity index (χ4n) is 3.41. The Hall–Kier alpha value is -3.15. The van der Waals surface area contributed by atoms with E-state index in [1.165, 1.54) is 6.92 Å². The molecule has 2 aromatic carbocycles. The minimum absolute atomic E-state index is 0.166. The standard InChI is InChI=1S/C25H32N2O4/c1-15(2)22(26-21(28)14-20-10-8-7-9-11-20)25(30)31-19(6)24(29)27-23-17(4)12-16(3)13-18(23)5/h7-13,15,19,22H,14H2,1-6H3,(H,26,28)(H,27,29)/t19-,22-/m0/s1. The van der Waals surface area contributed by atoms with Crippen molar-refractivity contribution in [1.29, 1.82) is 0 Å². The molecule has 31 heavy (non-hydrogen) atoms. The summed E-state index contributed by atoms with van der Waals surface area (Å²) < 4.78 is 5.40. The van der Waals surface area contributed by atoms with E-state index < -0.39 is 24.0 Å². The lowest BCUT2D eigenvalue weighted by Gasteiger charge is -2.23. The molecule has 0 aromatic heterocycles. The Morgan fingerprint density at radius 1 is 0.935 bits per heavy atom. The van der Waals surface area contributed by atoms with E-state index in [9.17, 15) is 14.4 Å². The van der Waals surface area contributed by atoms with Gasteiger partial charge in [0.2, 0.25) is 5.91 Å². The van der Waals surface area contributed by atoms with Crippen LogP contribution in [0.4, 0.5) is 5.69 Å². The molecule has 0 saturated carbocycles. The molecular formula is C25H32N2O4. The van der Waals surface area contributed by atoms with Gasteiger partial charge in [0.25, 0.3) is 5.91 Å². The number of esters is 1. The molecule has 0 bridgehead atoms. The minimum atomic E-state index is -1.00. The summed E-state index contributed by atoms with van der Waals surface area (Å²) in [6, 6.07) is 12.4. The molecule has 0 aliphatic rings. The quantitative estimate of drug-likeness (QED) is 0.630. The Morgan fingerprint density at radius 2 is 1.52 bits per heavy atom. The molecule has 0 fully saturated rings. The van der Waals surface area contributed by atoms with Crippen LogP contribution >= 0.6 is 0 Å². The Balaban J connectivity index is 1.99. The monoisotopic (exact) mass is 424 g/mol. The zero-order chi connectivity index (χ0) is 23.1. The Kier molecular flexibility index (Phi) is 8.37. The van der Waals surface area contributed by atoms with Gasteiger partial charge in [0.1, 0.15) is 6.04 Å². The van der Waals surface area contributed by atoms with Gasteiger partial charge in [-0.05, 0) is 50.3 Å². The average Bonchev–Trinajstić information content (AvgIpc) is 2.69. The fraction of sp³-hybridized carbons (Fsp3) is 0.400. The third kappa shape index (κ3) is 6.95. The van der Waals surface area contributed by atoms with Gasteiger partial charge in [0.15, 0.2) is 6.10 Å². The van der Waals surface area contributed by atoms with E-state index >= 15 is 0 Å². The zero-order valence-electron chi connectivity index (χ0n) is 19.1. The van der Waals surface area contributed by atoms with Crippen LogP contribution < -0.4 is 10.6 Å². The molecule has 166 valence electrons. The van der Waals surface area contributed by atoms with E-state index in [1.54, 1.807) is 0 Å². The summed E-state index contributed by atoms with van der Waals surface area (Å²) in [4.78, 5) is 37.7. The molecule has 0 saturated heterocycles. The number of ether oxygens (including phenoxy) is 1. The van der Waals surface area contributed by atoms with Gasteiger partial charge in [0.05, 0.1) is 6.42 Å². The van der Waals surface area contributed by atoms with Crippen molar-refractivity contribution >= 4 is 23.5 Å². The number of amides is 2. The van der Waals surface area contributed by atoms with Crippen LogP contribution in [0.15, 0.2) is 42.5 Å². The van der Waals surface area contributed by atoms with Gasteiger partial charge >= 0.3 is 5.97 Å². The molecule has 6 nitrogen and oxygen atoms in total. The molecular weight excluding hydrogens is 392 g/mol. The first-order valence-corrected chi connectivity index (χ1v) is 10.5. The molecule has 0 heterocycles. The fourth-order valence-corrected chi connectivity index (χ4v) is 3.41. The SMILES string of the molecule is Cc1cc(C)c(NC(=O)[C@H](C)OC(=O)[C@@H](NC(=O)Cc2ccccc2)C(C)C)c(C)c1. The van der Waals surface area contributed by atoms with Crippen molar-refractivity contribution in [2.75, 3.05) is 5.32 Å². The van der Waals surface area contributed by atoms with Crippen LogP contribution in [0, 0.1) is 26.7 Å². The maximum Gasteiger partial charge on any atom is 0.329 e. The number of aryl methyl sites for hydroxylation is 3. The van der Waals surface area contributed by atoms with Crippen LogP contribution in [-0.2, 0) is 25.5 Å². The van der Waals surface area contributed by atoms with Gasteiger partial charge in [-0.3, -0.25) is 9.59 Å². The van der Waals surface area contributed by atoms with Crippen molar-refractivity contribution in [2.24, 2.45) is 5.92 Å². The highest BCUT2D eigenvalue weighted by Crippen LogP contribution is 2.22. The second-order valence-electron chi connectivity index (χ2n) is 8.29. The van der Waals surface area contributed by atoms with Gasteiger partial charge in [-0.2, -0.15) is 0 Å². The molecule has 2 N–H and O–H groups in total. The molecule has 0 aliphatic carbocycles. The van der Waals surface area contributed by atoms with Crippen LogP contribution in [0.5, 0.6) is 0 Å². The van der Waals surface area contributed by atoms with Crippen molar-refractivity contribution in [3.05, 3.63) is 64.7 Å². The summed E-state index contributed by atoms with van der Waals surface area (Å²) >= 11 is 0. The summed E-state index contributed by atoms with van der Waals surface area (Å²) in [5, 5.41) is 5.59. The van der Waals surface area contributed by atoms with Crippen LogP contribution in [0.2, 0.25) is 0 Å². The predicted molar refractivity (Wildman–Crippen MR) is 122 cm³/mol. The molecule has 2 aromatic rings. The van der Waals surface area contributed by atoms with Gasteiger partial charge in [-0.1, -0.05) is 61.9 Å². The number of hydrogen-bond acceptors (Lipinski definition) is 4. The Bertz CT molecular complexity index is 915. The number of anilines is 1. The highest BCUT2D eigenvalue weighted by atomic mass is 16.5. The summed E-state index contributed by atoms with van der Waals surface area (Å²) in [5.74, 6) is -1.51. The molecule has 0 spiro atoms. The maximum absolute atomic E-state index is 12.7. The first-order chi connectivity index (χ1) is 14.6. The lowest BCUT2D eigenvalue weighted by molar-refractivity contribution is -0.157. The van der Waals surface area contributed by atoms with E-state index in [0.717, 1.165) is 27.9 Å². The van der Waals surface area contributed by atoms with Crippen molar-refractivity contribution in [2.45, 2.75) is 60.1 Å². The smallest absolute Gasteiger partial charge is 0.329 e. The first kappa shape index (κ1) is 24.1. The Labute approximate surface area is 184 Å². The minimum Gasteiger partial charge on any atom is -0.451 e. The van der Waals surface area contributed by atoms with E-state index in [4.69, 9.17) is 4.74 Å². The van der Waals surface area contributed by atoms with E-state index in [1.807, 2.05) is 77.1 Å². The molecule has 2 rings (SSSR count). The Morgan fingerprint density at radius 3 is 2.06 bits per heavy atom. The largest absolute Gasteiger partial charge is 0.451 e. The van der Waals surface area contributed by atoms with Crippen molar-refractivity contribution < 1.29 is 19.1 Å². The first-order valence-electron chi connectivity index (χ1n) is 10.5. The van der Waals surface area contributed by atoms with Crippen molar-refractivity contribution in [3.8, 4) is 0 Å². The molecule has 0 aliphatic heterocycles. The second-order valence-corrected chi connectivity index (χ2v) is 8.29. The highest BCUT2D eigenvalue weighted by Gasteiger charge is 2.29. The van der Waals surface area contributed by atoms with Crippen LogP contribution in [0.1, 0.15) is 43.0 Å². The molecule has 2 atom stereocenters. The van der Waals surface area contributed by atoms with Crippen LogP contribution in [-0.4, -0.2) is 29.9 Å². The average molecular weight is 425 g/mol. The van der Waals surface area contributed by atoms with Crippen LogP contribution in [0.3, 0.4) is 0 Å². The lowest BCUT2D eigenvalue weighted by atomic mass is 10.0. The third-order valence-corrected chi connectivity index (χ3v) is 5.03. The lowest BCUT2D eigenvalue weighted by Crippen LogP contribution is -2.47. The second kappa shape index (κ2) is 10.8. The third-order valence-electron chi connectivity index (χ3n) is 5.03. The number of rotatable bonds is 8. The normalized spacial score (nSPS) is 12.7. The van der Waals surface area contributed by atoms with Gasteiger partial charge in [0, 0.05) is 5.69 Å². The molecule has 0 radical (unpaired) electrons. The zero-order valence-corrected chi connectivity index (χ0v) is 19.1. The summed E-state index contributed by atoms with van der Waals surface area (Å²) in [6.45, 7) is 11.0. The van der Waals surface area contributed by atoms with Crippen molar-refractivity contribution in [3.63, 3.8) is 0 Å². The van der Waals surface area contributed by atoms with Crippen molar-refractivity contribution in [1.82, 2.24) is 5.32 Å². The van der Waals surface area contributed by atoms with E-state index in [0.29, 0.717) is 0 Å². The molecule has 0 unspecified atom stereocenters. The number of carbonyl (C=O) groups excluding carboxylic acids is 3.